The predicted octanol–water partition coefficient (Wildman–Crippen LogP) is 5.11. The molecular formula is C25H20N6O2. The third kappa shape index (κ3) is 4.35. The number of nitrogens with zero attached hydrogens (tertiary/aromatic N) is 3. The van der Waals surface area contributed by atoms with Gasteiger partial charge in [0, 0.05) is 24.2 Å². The molecule has 3 aromatic heterocycles. The number of hydrogen-bond donors (Lipinski definition) is 3. The first-order chi connectivity index (χ1) is 16.2. The first kappa shape index (κ1) is 20.2. The number of H-pyrrole nitrogens is 1. The number of nitrogens with one attached hydrogen (secondary N) is 3. The largest absolute Gasteiger partial charge is 0.456 e. The van der Waals surface area contributed by atoms with Crippen LogP contribution in [0.5, 0.6) is 11.5 Å². The summed E-state index contributed by atoms with van der Waals surface area (Å²) >= 11 is 0. The molecule has 3 N–H and O–H groups in total. The average Bonchev–Trinajstić information content (AvgIpc) is 3.29. The number of rotatable bonds is 6. The number of pyridine rings is 2. The van der Waals surface area contributed by atoms with Crippen molar-refractivity contribution in [3.8, 4) is 22.6 Å². The van der Waals surface area contributed by atoms with Crippen LogP contribution in [-0.2, 0) is 0 Å². The van der Waals surface area contributed by atoms with E-state index in [1.165, 1.54) is 0 Å². The Morgan fingerprint density at radius 3 is 2.58 bits per heavy atom. The van der Waals surface area contributed by atoms with Gasteiger partial charge in [0.25, 0.3) is 5.91 Å². The van der Waals surface area contributed by atoms with Crippen LogP contribution >= 0.6 is 0 Å². The number of ether oxygens (including phenoxy) is 1. The highest BCUT2D eigenvalue weighted by Crippen LogP contribution is 2.29. The normalized spacial score (nSPS) is 10.7. The summed E-state index contributed by atoms with van der Waals surface area (Å²) in [5, 5.41) is 13.6. The lowest BCUT2D eigenvalue weighted by Crippen LogP contribution is -2.13. The maximum Gasteiger partial charge on any atom is 0.276 e. The fourth-order valence-corrected chi connectivity index (χ4v) is 3.43. The van der Waals surface area contributed by atoms with Crippen LogP contribution in [0.2, 0.25) is 0 Å². The second kappa shape index (κ2) is 8.80. The van der Waals surface area contributed by atoms with Gasteiger partial charge < -0.3 is 15.4 Å². The van der Waals surface area contributed by atoms with Crippen LogP contribution in [0.1, 0.15) is 10.5 Å². The minimum absolute atomic E-state index is 0.300. The van der Waals surface area contributed by atoms with Crippen LogP contribution in [0, 0.1) is 0 Å². The number of aromatic nitrogens is 4. The number of amides is 1. The van der Waals surface area contributed by atoms with Crippen molar-refractivity contribution in [3.05, 3.63) is 91.0 Å². The Hall–Kier alpha value is -4.72. The van der Waals surface area contributed by atoms with Crippen molar-refractivity contribution in [2.45, 2.75) is 0 Å². The van der Waals surface area contributed by atoms with Crippen LogP contribution < -0.4 is 15.4 Å². The van der Waals surface area contributed by atoms with Gasteiger partial charge in [-0.25, -0.2) is 4.98 Å². The third-order valence-electron chi connectivity index (χ3n) is 5.08. The second-order valence-electron chi connectivity index (χ2n) is 7.29. The Morgan fingerprint density at radius 1 is 0.909 bits per heavy atom. The highest BCUT2D eigenvalue weighted by atomic mass is 16.5. The summed E-state index contributed by atoms with van der Waals surface area (Å²) in [7, 11) is 1.78. The molecule has 0 fully saturated rings. The van der Waals surface area contributed by atoms with Gasteiger partial charge in [-0.15, -0.1) is 0 Å². The number of benzene rings is 2. The molecule has 33 heavy (non-hydrogen) atoms. The number of anilines is 2. The SMILES string of the molecule is CNc1ccc(NC(=O)c2n[nH]c3ccc(-c4cncc(Oc5ccccc5)c4)cc23)cn1. The highest BCUT2D eigenvalue weighted by Gasteiger charge is 2.16. The van der Waals surface area contributed by atoms with Gasteiger partial charge in [-0.1, -0.05) is 24.3 Å². The molecule has 162 valence electrons. The molecule has 1 amide bonds. The average molecular weight is 436 g/mol. The molecule has 0 aliphatic carbocycles. The summed E-state index contributed by atoms with van der Waals surface area (Å²) in [5.41, 5.74) is 3.40. The van der Waals surface area contributed by atoms with Crippen molar-refractivity contribution >= 4 is 28.3 Å². The molecule has 0 saturated carbocycles. The summed E-state index contributed by atoms with van der Waals surface area (Å²) in [5.74, 6) is 1.76. The molecule has 0 saturated heterocycles. The zero-order valence-electron chi connectivity index (χ0n) is 17.7. The van der Waals surface area contributed by atoms with Gasteiger partial charge in [-0.2, -0.15) is 5.10 Å². The minimum atomic E-state index is -0.323. The van der Waals surface area contributed by atoms with Gasteiger partial charge in [-0.3, -0.25) is 14.9 Å². The summed E-state index contributed by atoms with van der Waals surface area (Å²) in [6.07, 6.45) is 5.01. The quantitative estimate of drug-likeness (QED) is 0.342. The molecule has 5 aromatic rings. The smallest absolute Gasteiger partial charge is 0.276 e. The molecule has 2 aromatic carbocycles. The monoisotopic (exact) mass is 436 g/mol. The van der Waals surface area contributed by atoms with Crippen molar-refractivity contribution in [2.75, 3.05) is 17.7 Å². The van der Waals surface area contributed by atoms with Gasteiger partial charge >= 0.3 is 0 Å². The fourth-order valence-electron chi connectivity index (χ4n) is 3.43. The second-order valence-corrected chi connectivity index (χ2v) is 7.29. The molecule has 8 nitrogen and oxygen atoms in total. The van der Waals surface area contributed by atoms with Crippen LogP contribution in [-0.4, -0.2) is 33.1 Å². The number of aromatic amines is 1. The summed E-state index contributed by atoms with van der Waals surface area (Å²) in [6.45, 7) is 0. The molecule has 0 unspecified atom stereocenters. The number of hydrogen-bond acceptors (Lipinski definition) is 6. The Labute approximate surface area is 189 Å². The van der Waals surface area contributed by atoms with Gasteiger partial charge in [-0.05, 0) is 48.0 Å². The van der Waals surface area contributed by atoms with E-state index in [9.17, 15) is 4.79 Å². The Bertz CT molecular complexity index is 1410. The van der Waals surface area contributed by atoms with E-state index in [4.69, 9.17) is 4.74 Å². The summed E-state index contributed by atoms with van der Waals surface area (Å²) in [4.78, 5) is 21.4. The molecule has 0 spiro atoms. The van der Waals surface area contributed by atoms with Crippen molar-refractivity contribution in [1.82, 2.24) is 20.2 Å². The van der Waals surface area contributed by atoms with E-state index in [0.717, 1.165) is 28.2 Å². The topological polar surface area (TPSA) is 105 Å². The first-order valence-corrected chi connectivity index (χ1v) is 10.3. The zero-order chi connectivity index (χ0) is 22.6. The molecule has 5 rings (SSSR count). The zero-order valence-corrected chi connectivity index (χ0v) is 17.7. The Kier molecular flexibility index (Phi) is 5.38. The van der Waals surface area contributed by atoms with Crippen molar-refractivity contribution in [1.29, 1.82) is 0 Å². The summed E-state index contributed by atoms with van der Waals surface area (Å²) < 4.78 is 5.90. The number of carbonyl (C=O) groups excluding carboxylic acids is 1. The van der Waals surface area contributed by atoms with Gasteiger partial charge in [0.15, 0.2) is 5.69 Å². The third-order valence-corrected chi connectivity index (χ3v) is 5.08. The molecule has 0 aliphatic heterocycles. The van der Waals surface area contributed by atoms with E-state index >= 15 is 0 Å². The molecule has 0 aliphatic rings. The van der Waals surface area contributed by atoms with E-state index in [1.54, 1.807) is 37.8 Å². The maximum absolute atomic E-state index is 12.9. The standard InChI is InChI=1S/C25H20N6O2/c1-26-23-10-8-18(14-28-23)29-25(32)24-21-12-16(7-9-22(21)30-31-24)17-11-20(15-27-13-17)33-19-5-3-2-4-6-19/h2-15H,1H3,(H,26,28)(H,29,32)(H,30,31). The van der Waals surface area contributed by atoms with E-state index in [2.05, 4.69) is 30.8 Å². The van der Waals surface area contributed by atoms with Crippen LogP contribution in [0.25, 0.3) is 22.0 Å². The molecule has 0 atom stereocenters. The van der Waals surface area contributed by atoms with E-state index < -0.39 is 0 Å². The molecule has 0 radical (unpaired) electrons. The Balaban J connectivity index is 1.42. The van der Waals surface area contributed by atoms with Crippen molar-refractivity contribution in [2.24, 2.45) is 0 Å². The van der Waals surface area contributed by atoms with E-state index in [1.807, 2.05) is 54.6 Å². The molecule has 8 heteroatoms. The Morgan fingerprint density at radius 2 is 1.79 bits per heavy atom. The summed E-state index contributed by atoms with van der Waals surface area (Å²) in [6, 6.07) is 20.8. The minimum Gasteiger partial charge on any atom is -0.456 e. The molecule has 0 bridgehead atoms. The van der Waals surface area contributed by atoms with Gasteiger partial charge in [0.2, 0.25) is 0 Å². The lowest BCUT2D eigenvalue weighted by atomic mass is 10.0. The first-order valence-electron chi connectivity index (χ1n) is 10.3. The number of carbonyl (C=O) groups is 1. The molecular weight excluding hydrogens is 416 g/mol. The lowest BCUT2D eigenvalue weighted by Gasteiger charge is -2.08. The van der Waals surface area contributed by atoms with Gasteiger partial charge in [0.1, 0.15) is 17.3 Å². The van der Waals surface area contributed by atoms with Crippen LogP contribution in [0.4, 0.5) is 11.5 Å². The molecule has 3 heterocycles. The van der Waals surface area contributed by atoms with Crippen molar-refractivity contribution < 1.29 is 9.53 Å². The lowest BCUT2D eigenvalue weighted by molar-refractivity contribution is 0.102. The van der Waals surface area contributed by atoms with Crippen LogP contribution in [0.15, 0.2) is 85.3 Å². The maximum atomic E-state index is 12.9. The number of fused-ring (bicyclic) bond motifs is 1. The predicted molar refractivity (Wildman–Crippen MR) is 128 cm³/mol. The fraction of sp³-hybridized carbons (Fsp3) is 0.0400. The van der Waals surface area contributed by atoms with E-state index in [0.29, 0.717) is 22.5 Å². The number of para-hydroxylation sites is 1. The highest BCUT2D eigenvalue weighted by molar-refractivity contribution is 6.11. The van der Waals surface area contributed by atoms with Crippen molar-refractivity contribution in [3.63, 3.8) is 0 Å². The van der Waals surface area contributed by atoms with Gasteiger partial charge in [0.05, 0.1) is 23.6 Å². The van der Waals surface area contributed by atoms with E-state index in [-0.39, 0.29) is 5.91 Å². The van der Waals surface area contributed by atoms with Crippen LogP contribution in [0.3, 0.4) is 0 Å².